The van der Waals surface area contributed by atoms with Gasteiger partial charge in [0, 0.05) is 89.6 Å². The maximum atomic E-state index is 13.2. The summed E-state index contributed by atoms with van der Waals surface area (Å²) in [6.07, 6.45) is 3.37. The van der Waals surface area contributed by atoms with Gasteiger partial charge in [0.1, 0.15) is 22.9 Å². The lowest BCUT2D eigenvalue weighted by Crippen LogP contribution is -2.54. The van der Waals surface area contributed by atoms with Gasteiger partial charge in [-0.15, -0.1) is 11.3 Å². The quantitative estimate of drug-likeness (QED) is 0.174. The molecule has 1 unspecified atom stereocenters. The van der Waals surface area contributed by atoms with E-state index in [1.807, 2.05) is 32.3 Å². The summed E-state index contributed by atoms with van der Waals surface area (Å²) in [6, 6.07) is 19.0. The summed E-state index contributed by atoms with van der Waals surface area (Å²) < 4.78 is 13.6. The van der Waals surface area contributed by atoms with E-state index in [1.165, 1.54) is 0 Å². The zero-order valence-corrected chi connectivity index (χ0v) is 30.2. The van der Waals surface area contributed by atoms with Crippen LogP contribution in [-0.2, 0) is 14.3 Å². The average Bonchev–Trinajstić information content (AvgIpc) is 3.66. The Morgan fingerprint density at radius 3 is 2.40 bits per heavy atom. The number of hydrogen-bond donors (Lipinski definition) is 1. The first kappa shape index (κ1) is 34.2. The molecule has 4 heterocycles. The van der Waals surface area contributed by atoms with Crippen LogP contribution in [0.3, 0.4) is 0 Å². The molecule has 12 nitrogen and oxygen atoms in total. The molecule has 0 radical (unpaired) electrons. The summed E-state index contributed by atoms with van der Waals surface area (Å²) in [5.41, 5.74) is 4.77. The largest absolute Gasteiger partial charge is 0.490 e. The van der Waals surface area contributed by atoms with E-state index in [1.54, 1.807) is 23.5 Å². The second-order valence-electron chi connectivity index (χ2n) is 14.2. The Kier molecular flexibility index (Phi) is 9.41. The van der Waals surface area contributed by atoms with E-state index in [4.69, 9.17) is 14.5 Å². The number of ether oxygens (including phenoxy) is 2. The number of benzene rings is 3. The highest BCUT2D eigenvalue weighted by atomic mass is 32.1. The molecule has 4 aromatic rings. The number of piperidine rings is 1. The van der Waals surface area contributed by atoms with Crippen molar-refractivity contribution in [2.24, 2.45) is 0 Å². The maximum Gasteiger partial charge on any atom is 0.262 e. The van der Waals surface area contributed by atoms with Gasteiger partial charge in [-0.25, -0.2) is 4.98 Å². The fraction of sp³-hybridized carbons (Fsp3) is 0.410. The first-order valence-corrected chi connectivity index (χ1v) is 18.8. The van der Waals surface area contributed by atoms with E-state index < -0.39 is 23.8 Å². The molecule has 3 aliphatic heterocycles. The third-order valence-electron chi connectivity index (χ3n) is 10.5. The van der Waals surface area contributed by atoms with Crippen LogP contribution in [0.1, 0.15) is 52.8 Å². The molecular weight excluding hydrogens is 681 g/mol. The number of carbonyl (C=O) groups is 4. The minimum atomic E-state index is -0.961. The monoisotopic (exact) mass is 722 g/mol. The first-order chi connectivity index (χ1) is 25.2. The molecule has 1 aliphatic carbocycles. The molecule has 1 atom stereocenters. The number of rotatable bonds is 11. The fourth-order valence-electron chi connectivity index (χ4n) is 7.37. The Hall–Kier alpha value is -4.85. The van der Waals surface area contributed by atoms with E-state index in [-0.39, 0.29) is 31.0 Å². The van der Waals surface area contributed by atoms with Crippen LogP contribution >= 0.6 is 11.3 Å². The van der Waals surface area contributed by atoms with Gasteiger partial charge in [-0.1, -0.05) is 0 Å². The van der Waals surface area contributed by atoms with Crippen molar-refractivity contribution >= 4 is 56.6 Å². The van der Waals surface area contributed by atoms with Gasteiger partial charge in [-0.3, -0.25) is 34.3 Å². The lowest BCUT2D eigenvalue weighted by Gasteiger charge is -2.37. The Morgan fingerprint density at radius 1 is 0.885 bits per heavy atom. The molecule has 270 valence electrons. The van der Waals surface area contributed by atoms with Crippen molar-refractivity contribution in [2.75, 3.05) is 63.2 Å². The number of thiazole rings is 1. The van der Waals surface area contributed by atoms with Gasteiger partial charge >= 0.3 is 0 Å². The minimum Gasteiger partial charge on any atom is -0.490 e. The van der Waals surface area contributed by atoms with Crippen molar-refractivity contribution in [3.63, 3.8) is 0 Å². The van der Waals surface area contributed by atoms with Gasteiger partial charge in [0.05, 0.1) is 27.4 Å². The normalized spacial score (nSPS) is 22.1. The molecular formula is C39H42N6O6S. The van der Waals surface area contributed by atoms with E-state index in [2.05, 4.69) is 50.3 Å². The van der Waals surface area contributed by atoms with E-state index in [9.17, 15) is 19.2 Å². The van der Waals surface area contributed by atoms with Crippen LogP contribution in [0.2, 0.25) is 0 Å². The first-order valence-electron chi connectivity index (χ1n) is 18.0. The highest BCUT2D eigenvalue weighted by Crippen LogP contribution is 2.35. The van der Waals surface area contributed by atoms with Gasteiger partial charge in [0.15, 0.2) is 0 Å². The molecule has 13 heteroatoms. The molecule has 1 aromatic heterocycles. The summed E-state index contributed by atoms with van der Waals surface area (Å²) in [5.74, 6) is -1.07. The Balaban J connectivity index is 0.747. The van der Waals surface area contributed by atoms with Gasteiger partial charge in [0.2, 0.25) is 11.8 Å². The van der Waals surface area contributed by atoms with Gasteiger partial charge in [0.25, 0.3) is 11.8 Å². The van der Waals surface area contributed by atoms with Gasteiger partial charge in [-0.2, -0.15) is 0 Å². The molecule has 4 aliphatic rings. The van der Waals surface area contributed by atoms with E-state index in [0.717, 1.165) is 94.8 Å². The molecule has 0 spiro atoms. The predicted molar refractivity (Wildman–Crippen MR) is 199 cm³/mol. The number of imide groups is 2. The van der Waals surface area contributed by atoms with Crippen LogP contribution in [0, 0.1) is 0 Å². The maximum absolute atomic E-state index is 13.2. The third-order valence-corrected chi connectivity index (χ3v) is 11.5. The third kappa shape index (κ3) is 6.87. The number of nitrogens with zero attached hydrogens (tertiary/aromatic N) is 5. The van der Waals surface area contributed by atoms with Gasteiger partial charge < -0.3 is 19.3 Å². The predicted octanol–water partition coefficient (Wildman–Crippen LogP) is 4.57. The number of carbonyl (C=O) groups excluding carboxylic acids is 4. The minimum absolute atomic E-state index is 0.101. The number of piperazine rings is 1. The Bertz CT molecular complexity index is 2020. The van der Waals surface area contributed by atoms with Crippen LogP contribution in [-0.4, -0.2) is 110 Å². The SMILES string of the molecule is CN(C)c1ccc(-c2nc3ccc(O[C@H]4C[C@H](OCCCN5CCN(c6ccc7c(c6)C(=O)N(C6CCC(=O)NC6=O)C7=O)CC5)C4)cc3s2)cc1. The number of aromatic nitrogens is 1. The molecule has 1 saturated carbocycles. The summed E-state index contributed by atoms with van der Waals surface area (Å²) in [6.45, 7) is 5.06. The Labute approximate surface area is 306 Å². The topological polar surface area (TPSA) is 125 Å². The second-order valence-corrected chi connectivity index (χ2v) is 15.2. The standard InChI is InChI=1S/C39H42N6O6S/c1-42(2)25-6-4-24(5-7-25)37-40-32-11-9-27(23-34(32)52-37)51-29-21-28(22-29)50-19-3-14-43-15-17-44(18-16-43)26-8-10-30-31(20-26)39(49)45(38(30)48)33-12-13-35(46)41-36(33)47/h4-11,20,23,28-29,33H,3,12-19,21-22H2,1-2H3,(H,41,46,47)/t28-,29-,33?. The van der Waals surface area contributed by atoms with Crippen LogP contribution < -0.4 is 19.9 Å². The molecule has 1 N–H and O–H groups in total. The van der Waals surface area contributed by atoms with Gasteiger partial charge in [-0.05, 0) is 73.5 Å². The lowest BCUT2D eigenvalue weighted by atomic mass is 9.92. The molecule has 0 bridgehead atoms. The summed E-state index contributed by atoms with van der Waals surface area (Å²) >= 11 is 1.68. The number of hydrogen-bond acceptors (Lipinski definition) is 11. The molecule has 52 heavy (non-hydrogen) atoms. The van der Waals surface area contributed by atoms with Crippen LogP contribution in [0.25, 0.3) is 20.8 Å². The fourth-order valence-corrected chi connectivity index (χ4v) is 8.37. The van der Waals surface area contributed by atoms with Crippen molar-refractivity contribution in [1.82, 2.24) is 20.1 Å². The summed E-state index contributed by atoms with van der Waals surface area (Å²) in [5, 5.41) is 3.25. The van der Waals surface area contributed by atoms with Crippen molar-refractivity contribution in [1.29, 1.82) is 0 Å². The average molecular weight is 723 g/mol. The van der Waals surface area contributed by atoms with Crippen molar-refractivity contribution < 1.29 is 28.7 Å². The smallest absolute Gasteiger partial charge is 0.262 e. The van der Waals surface area contributed by atoms with Crippen LogP contribution in [0.15, 0.2) is 60.7 Å². The van der Waals surface area contributed by atoms with Crippen LogP contribution in [0.5, 0.6) is 5.75 Å². The van der Waals surface area contributed by atoms with E-state index >= 15 is 0 Å². The molecule has 8 rings (SSSR count). The molecule has 2 saturated heterocycles. The summed E-state index contributed by atoms with van der Waals surface area (Å²) in [4.78, 5) is 62.8. The highest BCUT2D eigenvalue weighted by molar-refractivity contribution is 7.21. The Morgan fingerprint density at radius 2 is 1.65 bits per heavy atom. The number of nitrogens with one attached hydrogen (secondary N) is 1. The highest BCUT2D eigenvalue weighted by Gasteiger charge is 2.44. The van der Waals surface area contributed by atoms with E-state index in [0.29, 0.717) is 17.7 Å². The van der Waals surface area contributed by atoms with Crippen LogP contribution in [0.4, 0.5) is 11.4 Å². The van der Waals surface area contributed by atoms with Crippen molar-refractivity contribution in [3.05, 3.63) is 71.8 Å². The molecule has 4 amide bonds. The molecule has 3 aromatic carbocycles. The zero-order valence-electron chi connectivity index (χ0n) is 29.4. The number of amides is 4. The number of anilines is 2. The second kappa shape index (κ2) is 14.3. The zero-order chi connectivity index (χ0) is 35.9. The van der Waals surface area contributed by atoms with Crippen molar-refractivity contribution in [3.8, 4) is 16.3 Å². The number of fused-ring (bicyclic) bond motifs is 2. The summed E-state index contributed by atoms with van der Waals surface area (Å²) in [7, 11) is 4.08. The lowest BCUT2D eigenvalue weighted by molar-refractivity contribution is -0.136. The molecule has 3 fully saturated rings. The van der Waals surface area contributed by atoms with Crippen molar-refractivity contribution in [2.45, 2.75) is 50.4 Å².